The number of nitrogens with two attached hydrogens (primary N) is 1. The largest absolute Gasteiger partial charge is 0.376 e. The van der Waals surface area contributed by atoms with Crippen molar-refractivity contribution in [3.8, 4) is 0 Å². The van der Waals surface area contributed by atoms with E-state index >= 15 is 0 Å². The van der Waals surface area contributed by atoms with E-state index in [2.05, 4.69) is 10.3 Å². The molecule has 0 aliphatic rings. The molecule has 1 aromatic heterocycles. The molecule has 1 heterocycles. The van der Waals surface area contributed by atoms with Crippen molar-refractivity contribution in [3.05, 3.63) is 70.5 Å². The van der Waals surface area contributed by atoms with E-state index in [9.17, 15) is 9.18 Å². The molecule has 116 valence electrons. The molecule has 0 saturated heterocycles. The molecule has 0 aliphatic heterocycles. The average molecular weight is 328 g/mol. The van der Waals surface area contributed by atoms with Crippen LogP contribution in [0.4, 0.5) is 10.1 Å². The Kier molecular flexibility index (Phi) is 4.03. The summed E-state index contributed by atoms with van der Waals surface area (Å²) in [6, 6.07) is 11.4. The second-order valence-corrected chi connectivity index (χ2v) is 5.43. The highest BCUT2D eigenvalue weighted by atomic mass is 32.1. The Morgan fingerprint density at radius 2 is 2.09 bits per heavy atom. The number of thiocarbonyl (C=S) groups is 1. The predicted molar refractivity (Wildman–Crippen MR) is 91.9 cm³/mol. The first kappa shape index (κ1) is 15.1. The number of hydrogen-bond donors (Lipinski definition) is 2. The minimum Gasteiger partial charge on any atom is -0.376 e. The van der Waals surface area contributed by atoms with Crippen LogP contribution >= 0.6 is 12.2 Å². The molecule has 2 aromatic carbocycles. The van der Waals surface area contributed by atoms with Gasteiger partial charge in [-0.2, -0.15) is 0 Å². The van der Waals surface area contributed by atoms with Gasteiger partial charge in [-0.15, -0.1) is 0 Å². The van der Waals surface area contributed by atoms with Crippen LogP contribution < -0.4 is 16.6 Å². The standard InChI is InChI=1S/C16H13FN4OS/c17-13-4-2-1-3-10(13)8-21-9-19-14-7-11(20-16(18)23)5-6-12(14)15(21)22/h1-7,9H,8H2,(H3,18,20,23). The average Bonchev–Trinajstić information content (AvgIpc) is 2.51. The summed E-state index contributed by atoms with van der Waals surface area (Å²) in [6.07, 6.45) is 1.40. The second-order valence-electron chi connectivity index (χ2n) is 4.99. The quantitative estimate of drug-likeness (QED) is 0.722. The lowest BCUT2D eigenvalue weighted by Gasteiger charge is -2.09. The van der Waals surface area contributed by atoms with Gasteiger partial charge in [-0.25, -0.2) is 9.37 Å². The topological polar surface area (TPSA) is 72.9 Å². The first-order valence-corrected chi connectivity index (χ1v) is 7.24. The number of anilines is 1. The molecule has 5 nitrogen and oxygen atoms in total. The van der Waals surface area contributed by atoms with Crippen LogP contribution in [0.3, 0.4) is 0 Å². The van der Waals surface area contributed by atoms with Crippen molar-refractivity contribution < 1.29 is 4.39 Å². The molecule has 0 bridgehead atoms. The van der Waals surface area contributed by atoms with Crippen LogP contribution in [-0.2, 0) is 6.54 Å². The summed E-state index contributed by atoms with van der Waals surface area (Å²) in [5, 5.41) is 3.37. The molecular formula is C16H13FN4OS. The van der Waals surface area contributed by atoms with Crippen LogP contribution in [0.1, 0.15) is 5.56 Å². The van der Waals surface area contributed by atoms with Crippen LogP contribution in [0.25, 0.3) is 10.9 Å². The molecule has 3 rings (SSSR count). The molecule has 23 heavy (non-hydrogen) atoms. The summed E-state index contributed by atoms with van der Waals surface area (Å²) >= 11 is 4.78. The minimum absolute atomic E-state index is 0.126. The molecule has 3 aromatic rings. The summed E-state index contributed by atoms with van der Waals surface area (Å²) < 4.78 is 15.1. The lowest BCUT2D eigenvalue weighted by atomic mass is 10.2. The monoisotopic (exact) mass is 328 g/mol. The van der Waals surface area contributed by atoms with E-state index in [-0.39, 0.29) is 23.0 Å². The summed E-state index contributed by atoms with van der Waals surface area (Å²) in [5.74, 6) is -0.351. The molecule has 3 N–H and O–H groups in total. The third-order valence-corrected chi connectivity index (χ3v) is 3.49. The van der Waals surface area contributed by atoms with Crippen molar-refractivity contribution in [3.63, 3.8) is 0 Å². The Morgan fingerprint density at radius 1 is 1.30 bits per heavy atom. The van der Waals surface area contributed by atoms with E-state index in [1.807, 2.05) is 0 Å². The van der Waals surface area contributed by atoms with Crippen LogP contribution in [0.15, 0.2) is 53.6 Å². The minimum atomic E-state index is -0.351. The third kappa shape index (κ3) is 3.19. The lowest BCUT2D eigenvalue weighted by Crippen LogP contribution is -2.22. The Bertz CT molecular complexity index is 954. The third-order valence-electron chi connectivity index (χ3n) is 3.39. The van der Waals surface area contributed by atoms with Gasteiger partial charge in [-0.3, -0.25) is 9.36 Å². The highest BCUT2D eigenvalue weighted by Crippen LogP contribution is 2.15. The van der Waals surface area contributed by atoms with Gasteiger partial charge < -0.3 is 11.1 Å². The predicted octanol–water partition coefficient (Wildman–Crippen LogP) is 2.24. The van der Waals surface area contributed by atoms with Crippen LogP contribution in [0.5, 0.6) is 0 Å². The summed E-state index contributed by atoms with van der Waals surface area (Å²) in [7, 11) is 0. The maximum Gasteiger partial charge on any atom is 0.261 e. The zero-order valence-electron chi connectivity index (χ0n) is 12.0. The normalized spacial score (nSPS) is 10.7. The van der Waals surface area contributed by atoms with Gasteiger partial charge in [0.2, 0.25) is 0 Å². The Morgan fingerprint density at radius 3 is 2.83 bits per heavy atom. The Balaban J connectivity index is 2.01. The van der Waals surface area contributed by atoms with Gasteiger partial charge in [0.1, 0.15) is 5.82 Å². The molecule has 0 radical (unpaired) electrons. The van der Waals surface area contributed by atoms with Crippen LogP contribution in [0, 0.1) is 5.82 Å². The molecule has 0 aliphatic carbocycles. The second kappa shape index (κ2) is 6.13. The first-order chi connectivity index (χ1) is 11.0. The van der Waals surface area contributed by atoms with Gasteiger partial charge in [-0.05, 0) is 36.5 Å². The first-order valence-electron chi connectivity index (χ1n) is 6.83. The summed E-state index contributed by atoms with van der Waals surface area (Å²) in [4.78, 5) is 16.8. The zero-order valence-corrected chi connectivity index (χ0v) is 12.8. The molecule has 0 amide bonds. The fraction of sp³-hybridized carbons (Fsp3) is 0.0625. The molecular weight excluding hydrogens is 315 g/mol. The van der Waals surface area contributed by atoms with E-state index in [0.29, 0.717) is 22.2 Å². The van der Waals surface area contributed by atoms with E-state index in [1.54, 1.807) is 36.4 Å². The number of nitrogens with zero attached hydrogens (tertiary/aromatic N) is 2. The number of rotatable bonds is 3. The number of aromatic nitrogens is 2. The Hall–Kier alpha value is -2.80. The smallest absolute Gasteiger partial charge is 0.261 e. The van der Waals surface area contributed by atoms with Gasteiger partial charge in [0, 0.05) is 11.3 Å². The number of benzene rings is 2. The lowest BCUT2D eigenvalue weighted by molar-refractivity contribution is 0.595. The highest BCUT2D eigenvalue weighted by molar-refractivity contribution is 7.80. The van der Waals surface area contributed by atoms with Crippen molar-refractivity contribution in [2.24, 2.45) is 5.73 Å². The molecule has 0 fully saturated rings. The summed E-state index contributed by atoms with van der Waals surface area (Å²) in [5.41, 5.74) is 6.79. The van der Waals surface area contributed by atoms with Crippen molar-refractivity contribution in [1.82, 2.24) is 9.55 Å². The molecule has 0 saturated carbocycles. The Labute approximate surface area is 136 Å². The van der Waals surface area contributed by atoms with Gasteiger partial charge in [0.25, 0.3) is 5.56 Å². The maximum atomic E-state index is 13.7. The molecule has 0 atom stereocenters. The van der Waals surface area contributed by atoms with Crippen molar-refractivity contribution in [2.75, 3.05) is 5.32 Å². The fourth-order valence-electron chi connectivity index (χ4n) is 2.30. The summed E-state index contributed by atoms with van der Waals surface area (Å²) in [6.45, 7) is 0.126. The van der Waals surface area contributed by atoms with Gasteiger partial charge in [0.05, 0.1) is 23.8 Å². The van der Waals surface area contributed by atoms with Crippen molar-refractivity contribution in [1.29, 1.82) is 0 Å². The van der Waals surface area contributed by atoms with Crippen molar-refractivity contribution in [2.45, 2.75) is 6.54 Å². The SMILES string of the molecule is NC(=S)Nc1ccc2c(=O)n(Cc3ccccc3F)cnc2c1. The van der Waals surface area contributed by atoms with Crippen molar-refractivity contribution >= 4 is 33.9 Å². The van der Waals surface area contributed by atoms with E-state index in [1.165, 1.54) is 17.0 Å². The zero-order chi connectivity index (χ0) is 16.4. The number of halogens is 1. The van der Waals surface area contributed by atoms with Crippen LogP contribution in [0.2, 0.25) is 0 Å². The number of hydrogen-bond acceptors (Lipinski definition) is 3. The number of nitrogens with one attached hydrogen (secondary N) is 1. The van der Waals surface area contributed by atoms with Gasteiger partial charge >= 0.3 is 0 Å². The number of fused-ring (bicyclic) bond motifs is 1. The maximum absolute atomic E-state index is 13.7. The van der Waals surface area contributed by atoms with Gasteiger partial charge in [-0.1, -0.05) is 18.2 Å². The molecule has 0 spiro atoms. The van der Waals surface area contributed by atoms with E-state index in [0.717, 1.165) is 0 Å². The highest BCUT2D eigenvalue weighted by Gasteiger charge is 2.08. The molecule has 0 unspecified atom stereocenters. The van der Waals surface area contributed by atoms with Crippen LogP contribution in [-0.4, -0.2) is 14.7 Å². The molecule has 7 heteroatoms. The van der Waals surface area contributed by atoms with Gasteiger partial charge in [0.15, 0.2) is 5.11 Å². The fourth-order valence-corrected chi connectivity index (χ4v) is 2.42. The van der Waals surface area contributed by atoms with E-state index < -0.39 is 0 Å². The van der Waals surface area contributed by atoms with E-state index in [4.69, 9.17) is 18.0 Å².